The number of benzene rings is 3. The van der Waals surface area contributed by atoms with Crippen molar-refractivity contribution in [2.75, 3.05) is 7.05 Å². The highest BCUT2D eigenvalue weighted by Crippen LogP contribution is 2.25. The number of carbonyl (C=O) groups excluding carboxylic acids is 1. The molecular formula is C24H20N2O4S. The molecule has 1 amide bonds. The van der Waals surface area contributed by atoms with Crippen LogP contribution in [0.3, 0.4) is 0 Å². The minimum absolute atomic E-state index is 0.109. The second kappa shape index (κ2) is 8.57. The maximum absolute atomic E-state index is 12.9. The summed E-state index contributed by atoms with van der Waals surface area (Å²) < 4.78 is 31.5. The van der Waals surface area contributed by atoms with Crippen molar-refractivity contribution >= 4 is 26.5 Å². The standard InChI is InChI=1S/C24H20N2O4S/c1-25-24(27)23-15-21(12-13-26-23)30-20-9-6-17(7-10-20)16-31(28,29)22-11-8-18-4-2-3-5-19(18)14-22/h2-15H,16H2,1H3,(H,25,27). The van der Waals surface area contributed by atoms with Gasteiger partial charge in [0, 0.05) is 19.3 Å². The zero-order valence-corrected chi connectivity index (χ0v) is 17.6. The van der Waals surface area contributed by atoms with Gasteiger partial charge in [-0.2, -0.15) is 0 Å². The van der Waals surface area contributed by atoms with Crippen molar-refractivity contribution in [3.63, 3.8) is 0 Å². The fourth-order valence-corrected chi connectivity index (χ4v) is 4.56. The molecule has 0 saturated carbocycles. The Labute approximate surface area is 180 Å². The van der Waals surface area contributed by atoms with Crippen LogP contribution in [0, 0.1) is 0 Å². The molecule has 0 radical (unpaired) electrons. The van der Waals surface area contributed by atoms with Crippen LogP contribution in [-0.4, -0.2) is 26.4 Å². The minimum atomic E-state index is -3.49. The molecule has 0 spiro atoms. The first-order valence-corrected chi connectivity index (χ1v) is 11.3. The molecule has 1 heterocycles. The van der Waals surface area contributed by atoms with Gasteiger partial charge in [0.2, 0.25) is 0 Å². The van der Waals surface area contributed by atoms with Crippen molar-refractivity contribution in [1.82, 2.24) is 10.3 Å². The van der Waals surface area contributed by atoms with Gasteiger partial charge in [-0.1, -0.05) is 42.5 Å². The summed E-state index contributed by atoms with van der Waals surface area (Å²) in [6.07, 6.45) is 1.49. The van der Waals surface area contributed by atoms with Gasteiger partial charge in [0.25, 0.3) is 5.91 Å². The van der Waals surface area contributed by atoms with E-state index in [0.29, 0.717) is 22.0 Å². The zero-order valence-electron chi connectivity index (χ0n) is 16.8. The fraction of sp³-hybridized carbons (Fsp3) is 0.0833. The number of amides is 1. The van der Waals surface area contributed by atoms with E-state index in [1.807, 2.05) is 30.3 Å². The van der Waals surface area contributed by atoms with E-state index in [1.165, 1.54) is 19.3 Å². The lowest BCUT2D eigenvalue weighted by Crippen LogP contribution is -2.18. The van der Waals surface area contributed by atoms with E-state index in [1.54, 1.807) is 42.5 Å². The van der Waals surface area contributed by atoms with Gasteiger partial charge >= 0.3 is 0 Å². The molecule has 0 bridgehead atoms. The van der Waals surface area contributed by atoms with E-state index >= 15 is 0 Å². The molecule has 0 aliphatic rings. The highest BCUT2D eigenvalue weighted by molar-refractivity contribution is 7.90. The summed E-state index contributed by atoms with van der Waals surface area (Å²) in [6.45, 7) is 0. The number of hydrogen-bond donors (Lipinski definition) is 1. The summed E-state index contributed by atoms with van der Waals surface area (Å²) in [4.78, 5) is 16.0. The van der Waals surface area contributed by atoms with E-state index in [-0.39, 0.29) is 17.4 Å². The number of rotatable bonds is 6. The Morgan fingerprint density at radius 1 is 0.903 bits per heavy atom. The van der Waals surface area contributed by atoms with Gasteiger partial charge in [0.05, 0.1) is 10.6 Å². The van der Waals surface area contributed by atoms with Crippen molar-refractivity contribution in [3.8, 4) is 11.5 Å². The minimum Gasteiger partial charge on any atom is -0.457 e. The summed E-state index contributed by atoms with van der Waals surface area (Å²) >= 11 is 0. The molecule has 4 rings (SSSR count). The first-order chi connectivity index (χ1) is 14.9. The number of nitrogens with zero attached hydrogens (tertiary/aromatic N) is 1. The zero-order chi connectivity index (χ0) is 21.8. The molecule has 4 aromatic rings. The van der Waals surface area contributed by atoms with E-state index in [9.17, 15) is 13.2 Å². The SMILES string of the molecule is CNC(=O)c1cc(Oc2ccc(CS(=O)(=O)c3ccc4ccccc4c3)cc2)ccn1. The van der Waals surface area contributed by atoms with Crippen molar-refractivity contribution < 1.29 is 17.9 Å². The molecular weight excluding hydrogens is 412 g/mol. The quantitative estimate of drug-likeness (QED) is 0.489. The Hall–Kier alpha value is -3.71. The maximum Gasteiger partial charge on any atom is 0.269 e. The highest BCUT2D eigenvalue weighted by Gasteiger charge is 2.16. The second-order valence-corrected chi connectivity index (χ2v) is 8.96. The van der Waals surface area contributed by atoms with E-state index in [4.69, 9.17) is 4.74 Å². The van der Waals surface area contributed by atoms with Crippen LogP contribution in [0.25, 0.3) is 10.8 Å². The van der Waals surface area contributed by atoms with Gasteiger partial charge in [-0.15, -0.1) is 0 Å². The van der Waals surface area contributed by atoms with Crippen LogP contribution >= 0.6 is 0 Å². The molecule has 0 unspecified atom stereocenters. The largest absolute Gasteiger partial charge is 0.457 e. The number of pyridine rings is 1. The Morgan fingerprint density at radius 3 is 2.39 bits per heavy atom. The average molecular weight is 433 g/mol. The van der Waals surface area contributed by atoms with Crippen LogP contribution in [0.2, 0.25) is 0 Å². The van der Waals surface area contributed by atoms with Gasteiger partial charge < -0.3 is 10.1 Å². The van der Waals surface area contributed by atoms with Crippen LogP contribution < -0.4 is 10.1 Å². The highest BCUT2D eigenvalue weighted by atomic mass is 32.2. The monoisotopic (exact) mass is 432 g/mol. The average Bonchev–Trinajstić information content (AvgIpc) is 2.79. The van der Waals surface area contributed by atoms with E-state index in [0.717, 1.165) is 10.8 Å². The van der Waals surface area contributed by atoms with Crippen molar-refractivity contribution in [2.24, 2.45) is 0 Å². The summed E-state index contributed by atoms with van der Waals surface area (Å²) in [7, 11) is -1.96. The lowest BCUT2D eigenvalue weighted by atomic mass is 10.1. The number of sulfone groups is 1. The molecule has 3 aromatic carbocycles. The molecule has 0 aliphatic carbocycles. The summed E-state index contributed by atoms with van der Waals surface area (Å²) in [5.74, 6) is 0.576. The molecule has 156 valence electrons. The third-order valence-electron chi connectivity index (χ3n) is 4.79. The third kappa shape index (κ3) is 4.73. The van der Waals surface area contributed by atoms with E-state index < -0.39 is 9.84 Å². The molecule has 0 aliphatic heterocycles. The van der Waals surface area contributed by atoms with Gasteiger partial charge in [-0.3, -0.25) is 9.78 Å². The number of aromatic nitrogens is 1. The molecule has 7 heteroatoms. The van der Waals surface area contributed by atoms with Crippen LogP contribution in [0.5, 0.6) is 11.5 Å². The Balaban J connectivity index is 1.49. The first-order valence-electron chi connectivity index (χ1n) is 9.61. The fourth-order valence-electron chi connectivity index (χ4n) is 3.18. The normalized spacial score (nSPS) is 11.3. The lowest BCUT2D eigenvalue weighted by molar-refractivity contribution is 0.0958. The van der Waals surface area contributed by atoms with Crippen LogP contribution in [0.1, 0.15) is 16.1 Å². The summed E-state index contributed by atoms with van der Waals surface area (Å²) in [5, 5.41) is 4.40. The number of ether oxygens (including phenoxy) is 1. The predicted molar refractivity (Wildman–Crippen MR) is 119 cm³/mol. The third-order valence-corrected chi connectivity index (χ3v) is 6.47. The second-order valence-electron chi connectivity index (χ2n) is 6.97. The topological polar surface area (TPSA) is 85.4 Å². The first kappa shape index (κ1) is 20.6. The molecule has 0 fully saturated rings. The Kier molecular flexibility index (Phi) is 5.68. The van der Waals surface area contributed by atoms with Gasteiger partial charge in [0.15, 0.2) is 9.84 Å². The number of nitrogens with one attached hydrogen (secondary N) is 1. The van der Waals surface area contributed by atoms with Gasteiger partial charge in [-0.05, 0) is 46.7 Å². The maximum atomic E-state index is 12.9. The van der Waals surface area contributed by atoms with Crippen molar-refractivity contribution in [2.45, 2.75) is 10.6 Å². The molecule has 31 heavy (non-hydrogen) atoms. The van der Waals surface area contributed by atoms with Gasteiger partial charge in [0.1, 0.15) is 17.2 Å². The van der Waals surface area contributed by atoms with Crippen LogP contribution in [0.15, 0.2) is 90.0 Å². The molecule has 6 nitrogen and oxygen atoms in total. The van der Waals surface area contributed by atoms with Crippen LogP contribution in [-0.2, 0) is 15.6 Å². The lowest BCUT2D eigenvalue weighted by Gasteiger charge is -2.09. The molecule has 0 saturated heterocycles. The summed E-state index contributed by atoms with van der Waals surface area (Å²) in [5.41, 5.74) is 0.902. The Bertz CT molecular complexity index is 1350. The Morgan fingerprint density at radius 2 is 1.65 bits per heavy atom. The van der Waals surface area contributed by atoms with Crippen molar-refractivity contribution in [3.05, 3.63) is 96.3 Å². The molecule has 0 atom stereocenters. The smallest absolute Gasteiger partial charge is 0.269 e. The summed E-state index contributed by atoms with van der Waals surface area (Å²) in [6, 6.07) is 22.8. The number of carbonyl (C=O) groups is 1. The van der Waals surface area contributed by atoms with Gasteiger partial charge in [-0.25, -0.2) is 8.42 Å². The number of fused-ring (bicyclic) bond motifs is 1. The number of hydrogen-bond acceptors (Lipinski definition) is 5. The van der Waals surface area contributed by atoms with E-state index in [2.05, 4.69) is 10.3 Å². The molecule has 1 aromatic heterocycles. The molecule has 1 N–H and O–H groups in total. The predicted octanol–water partition coefficient (Wildman–Crippen LogP) is 4.36. The van der Waals surface area contributed by atoms with Crippen LogP contribution in [0.4, 0.5) is 0 Å². The van der Waals surface area contributed by atoms with Crippen molar-refractivity contribution in [1.29, 1.82) is 0 Å².